The van der Waals surface area contributed by atoms with Crippen molar-refractivity contribution in [3.63, 3.8) is 0 Å². The largest absolute Gasteiger partial charge is 0.481 e. The minimum absolute atomic E-state index is 0.0674. The molecule has 3 rings (SSSR count). The van der Waals surface area contributed by atoms with Gasteiger partial charge in [-0.1, -0.05) is 0 Å². The van der Waals surface area contributed by atoms with Crippen molar-refractivity contribution in [3.8, 4) is 5.88 Å². The molecule has 0 spiro atoms. The highest BCUT2D eigenvalue weighted by atomic mass is 16.5. The number of amides is 2. The monoisotopic (exact) mass is 341 g/mol. The Balaban J connectivity index is 1.63. The number of primary amides is 1. The molecular formula is C17H19N5O3. The third kappa shape index (κ3) is 3.68. The van der Waals surface area contributed by atoms with Gasteiger partial charge < -0.3 is 20.3 Å². The third-order valence-electron chi connectivity index (χ3n) is 4.09. The Labute approximate surface area is 145 Å². The predicted molar refractivity (Wildman–Crippen MR) is 91.7 cm³/mol. The Kier molecular flexibility index (Phi) is 4.78. The minimum Gasteiger partial charge on any atom is -0.481 e. The molecule has 2 N–H and O–H groups in total. The van der Waals surface area contributed by atoms with Crippen LogP contribution < -0.4 is 15.4 Å². The first-order chi connectivity index (χ1) is 12.1. The predicted octanol–water partition coefficient (Wildman–Crippen LogP) is 0.546. The molecule has 1 fully saturated rings. The second kappa shape index (κ2) is 7.16. The molecule has 1 aromatic carbocycles. The highest BCUT2D eigenvalue weighted by Gasteiger charge is 2.23. The SMILES string of the molecule is COc1ccnc(N2CCN(C(=O)c3ccc(C(N)=O)cc3)CC2)n1. The minimum atomic E-state index is -0.508. The number of benzene rings is 1. The standard InChI is InChI=1S/C17H19N5O3/c1-25-14-6-7-19-17(20-14)22-10-8-21(9-11-22)16(24)13-4-2-12(3-5-13)15(18)23/h2-7H,8-11H2,1H3,(H2,18,23). The number of carbonyl (C=O) groups is 2. The first-order valence-electron chi connectivity index (χ1n) is 7.89. The van der Waals surface area contributed by atoms with Crippen LogP contribution in [0.2, 0.25) is 0 Å². The van der Waals surface area contributed by atoms with E-state index in [0.717, 1.165) is 0 Å². The third-order valence-corrected chi connectivity index (χ3v) is 4.09. The molecule has 8 nitrogen and oxygen atoms in total. The van der Waals surface area contributed by atoms with Crippen LogP contribution in [-0.2, 0) is 0 Å². The zero-order chi connectivity index (χ0) is 17.8. The van der Waals surface area contributed by atoms with Crippen LogP contribution in [0.1, 0.15) is 20.7 Å². The molecule has 1 aliphatic rings. The summed E-state index contributed by atoms with van der Waals surface area (Å²) in [5, 5.41) is 0. The van der Waals surface area contributed by atoms with Crippen molar-refractivity contribution >= 4 is 17.8 Å². The van der Waals surface area contributed by atoms with Crippen molar-refractivity contribution in [3.05, 3.63) is 47.7 Å². The van der Waals surface area contributed by atoms with Crippen LogP contribution in [0.25, 0.3) is 0 Å². The summed E-state index contributed by atoms with van der Waals surface area (Å²) in [6.45, 7) is 2.41. The van der Waals surface area contributed by atoms with Crippen LogP contribution in [0.3, 0.4) is 0 Å². The van der Waals surface area contributed by atoms with Crippen molar-refractivity contribution in [2.45, 2.75) is 0 Å². The summed E-state index contributed by atoms with van der Waals surface area (Å²) in [6.07, 6.45) is 1.65. The first-order valence-corrected chi connectivity index (χ1v) is 7.89. The summed E-state index contributed by atoms with van der Waals surface area (Å²) >= 11 is 0. The Morgan fingerprint density at radius 1 is 1.04 bits per heavy atom. The van der Waals surface area contributed by atoms with Crippen LogP contribution in [-0.4, -0.2) is 60.0 Å². The van der Waals surface area contributed by atoms with E-state index in [0.29, 0.717) is 49.1 Å². The van der Waals surface area contributed by atoms with Gasteiger partial charge in [-0.05, 0) is 24.3 Å². The molecule has 0 atom stereocenters. The van der Waals surface area contributed by atoms with E-state index in [1.165, 1.54) is 0 Å². The summed E-state index contributed by atoms with van der Waals surface area (Å²) in [6, 6.07) is 8.07. The number of aromatic nitrogens is 2. The number of hydrogen-bond acceptors (Lipinski definition) is 6. The van der Waals surface area contributed by atoms with Crippen molar-refractivity contribution in [1.29, 1.82) is 0 Å². The fourth-order valence-electron chi connectivity index (χ4n) is 2.67. The molecule has 2 aromatic rings. The molecule has 2 heterocycles. The quantitative estimate of drug-likeness (QED) is 0.871. The second-order valence-corrected chi connectivity index (χ2v) is 5.62. The smallest absolute Gasteiger partial charge is 0.253 e. The van der Waals surface area contributed by atoms with Gasteiger partial charge >= 0.3 is 0 Å². The average Bonchev–Trinajstić information content (AvgIpc) is 2.67. The summed E-state index contributed by atoms with van der Waals surface area (Å²) in [4.78, 5) is 36.0. The van der Waals surface area contributed by atoms with Gasteiger partial charge in [0.05, 0.1) is 7.11 Å². The van der Waals surface area contributed by atoms with E-state index < -0.39 is 5.91 Å². The lowest BCUT2D eigenvalue weighted by atomic mass is 10.1. The normalized spacial score (nSPS) is 14.3. The number of rotatable bonds is 4. The molecule has 2 amide bonds. The molecule has 1 saturated heterocycles. The highest BCUT2D eigenvalue weighted by molar-refractivity contribution is 5.97. The fraction of sp³-hybridized carbons (Fsp3) is 0.294. The molecule has 0 unspecified atom stereocenters. The van der Waals surface area contributed by atoms with E-state index in [1.54, 1.807) is 48.5 Å². The number of methoxy groups -OCH3 is 1. The van der Waals surface area contributed by atoms with Gasteiger partial charge in [-0.25, -0.2) is 4.98 Å². The summed E-state index contributed by atoms with van der Waals surface area (Å²) in [5.41, 5.74) is 6.14. The summed E-state index contributed by atoms with van der Waals surface area (Å²) in [7, 11) is 1.56. The lowest BCUT2D eigenvalue weighted by Crippen LogP contribution is -2.49. The van der Waals surface area contributed by atoms with E-state index in [2.05, 4.69) is 9.97 Å². The van der Waals surface area contributed by atoms with Gasteiger partial charge in [0.25, 0.3) is 5.91 Å². The summed E-state index contributed by atoms with van der Waals surface area (Å²) < 4.78 is 5.11. The van der Waals surface area contributed by atoms with Crippen LogP contribution in [0, 0.1) is 0 Å². The molecule has 130 valence electrons. The lowest BCUT2D eigenvalue weighted by molar-refractivity contribution is 0.0745. The van der Waals surface area contributed by atoms with Gasteiger partial charge in [-0.15, -0.1) is 0 Å². The lowest BCUT2D eigenvalue weighted by Gasteiger charge is -2.34. The molecule has 1 aliphatic heterocycles. The molecule has 0 bridgehead atoms. The van der Waals surface area contributed by atoms with Gasteiger partial charge in [0, 0.05) is 49.6 Å². The number of ether oxygens (including phenoxy) is 1. The molecule has 0 aliphatic carbocycles. The van der Waals surface area contributed by atoms with Crippen molar-refractivity contribution < 1.29 is 14.3 Å². The van der Waals surface area contributed by atoms with Crippen LogP contribution in [0.4, 0.5) is 5.95 Å². The van der Waals surface area contributed by atoms with E-state index >= 15 is 0 Å². The fourth-order valence-corrected chi connectivity index (χ4v) is 2.67. The molecule has 1 aromatic heterocycles. The molecule has 8 heteroatoms. The Hall–Kier alpha value is -3.16. The maximum absolute atomic E-state index is 12.6. The number of anilines is 1. The second-order valence-electron chi connectivity index (χ2n) is 5.62. The Bertz CT molecular complexity index is 770. The van der Waals surface area contributed by atoms with Crippen LogP contribution in [0.15, 0.2) is 36.5 Å². The van der Waals surface area contributed by atoms with Crippen LogP contribution >= 0.6 is 0 Å². The zero-order valence-corrected chi connectivity index (χ0v) is 13.9. The summed E-state index contributed by atoms with van der Waals surface area (Å²) in [5.74, 6) is 0.531. The van der Waals surface area contributed by atoms with Crippen molar-refractivity contribution in [1.82, 2.24) is 14.9 Å². The van der Waals surface area contributed by atoms with E-state index in [4.69, 9.17) is 10.5 Å². The number of hydrogen-bond donors (Lipinski definition) is 1. The number of nitrogens with two attached hydrogens (primary N) is 1. The van der Waals surface area contributed by atoms with Gasteiger partial charge in [-0.2, -0.15) is 4.98 Å². The van der Waals surface area contributed by atoms with Gasteiger partial charge in [0.2, 0.25) is 17.7 Å². The first kappa shape index (κ1) is 16.7. The van der Waals surface area contributed by atoms with E-state index in [9.17, 15) is 9.59 Å². The average molecular weight is 341 g/mol. The maximum atomic E-state index is 12.6. The topological polar surface area (TPSA) is 102 Å². The van der Waals surface area contributed by atoms with Crippen molar-refractivity contribution in [2.24, 2.45) is 5.73 Å². The van der Waals surface area contributed by atoms with Crippen LogP contribution in [0.5, 0.6) is 5.88 Å². The molecule has 25 heavy (non-hydrogen) atoms. The highest BCUT2D eigenvalue weighted by Crippen LogP contribution is 2.16. The zero-order valence-electron chi connectivity index (χ0n) is 13.9. The molecular weight excluding hydrogens is 322 g/mol. The Morgan fingerprint density at radius 2 is 1.68 bits per heavy atom. The van der Waals surface area contributed by atoms with E-state index in [-0.39, 0.29) is 5.91 Å². The molecule has 0 radical (unpaired) electrons. The van der Waals surface area contributed by atoms with Crippen molar-refractivity contribution in [2.75, 3.05) is 38.2 Å². The van der Waals surface area contributed by atoms with Gasteiger partial charge in [0.15, 0.2) is 0 Å². The Morgan fingerprint density at radius 3 is 2.28 bits per heavy atom. The number of nitrogens with zero attached hydrogens (tertiary/aromatic N) is 4. The van der Waals surface area contributed by atoms with Gasteiger partial charge in [0.1, 0.15) is 0 Å². The number of piperazine rings is 1. The maximum Gasteiger partial charge on any atom is 0.253 e. The van der Waals surface area contributed by atoms with Gasteiger partial charge in [-0.3, -0.25) is 9.59 Å². The molecule has 0 saturated carbocycles. The van der Waals surface area contributed by atoms with E-state index in [1.807, 2.05) is 4.90 Å². The number of carbonyl (C=O) groups excluding carboxylic acids is 2.